The van der Waals surface area contributed by atoms with Crippen molar-refractivity contribution in [1.29, 1.82) is 0 Å². The number of H-pyrrole nitrogens is 1. The van der Waals surface area contributed by atoms with Gasteiger partial charge in [-0.1, -0.05) is 53.8 Å². The van der Waals surface area contributed by atoms with Crippen molar-refractivity contribution in [2.24, 2.45) is 0 Å². The minimum Gasteiger partial charge on any atom is -0.410 e. The van der Waals surface area contributed by atoms with E-state index >= 15 is 0 Å². The Balaban J connectivity index is 1.38. The fourth-order valence-corrected chi connectivity index (χ4v) is 4.74. The van der Waals surface area contributed by atoms with Gasteiger partial charge < -0.3 is 20.4 Å². The molecule has 0 spiro atoms. The lowest BCUT2D eigenvalue weighted by Crippen LogP contribution is -2.46. The molecule has 3 aromatic carbocycles. The molecule has 34 heavy (non-hydrogen) atoms. The Morgan fingerprint density at radius 1 is 1.06 bits per heavy atom. The number of carbonyl (C=O) groups excluding carboxylic acids is 2. The van der Waals surface area contributed by atoms with Crippen LogP contribution in [0.2, 0.25) is 0 Å². The summed E-state index contributed by atoms with van der Waals surface area (Å²) in [5.74, 6) is 0.0267. The molecule has 2 heterocycles. The lowest BCUT2D eigenvalue weighted by atomic mass is 10.0. The molecule has 0 radical (unpaired) electrons. The number of hydrogen-bond donors (Lipinski definition) is 3. The third kappa shape index (κ3) is 4.77. The number of thiazole rings is 1. The average molecular weight is 471 g/mol. The zero-order chi connectivity index (χ0) is 23.5. The number of ether oxygens (including phenoxy) is 1. The van der Waals surface area contributed by atoms with Crippen LogP contribution in [0.1, 0.15) is 11.1 Å². The number of rotatable bonds is 6. The van der Waals surface area contributed by atoms with E-state index in [0.717, 1.165) is 32.2 Å². The van der Waals surface area contributed by atoms with Crippen molar-refractivity contribution in [2.75, 3.05) is 5.32 Å². The topological polar surface area (TPSA) is 96.1 Å². The first-order valence-corrected chi connectivity index (χ1v) is 11.6. The van der Waals surface area contributed by atoms with E-state index in [1.54, 1.807) is 24.3 Å². The number of carbonyl (C=O) groups is 2. The predicted molar refractivity (Wildman–Crippen MR) is 134 cm³/mol. The second-order valence-electron chi connectivity index (χ2n) is 7.94. The summed E-state index contributed by atoms with van der Waals surface area (Å²) in [6, 6.07) is 21.6. The lowest BCUT2D eigenvalue weighted by molar-refractivity contribution is -0.118. The maximum absolute atomic E-state index is 13.3. The molecule has 0 bridgehead atoms. The third-order valence-corrected chi connectivity index (χ3v) is 6.37. The molecule has 8 heteroatoms. The van der Waals surface area contributed by atoms with Crippen LogP contribution in [0.4, 0.5) is 9.93 Å². The Hall–Kier alpha value is -4.17. The monoisotopic (exact) mass is 470 g/mol. The van der Waals surface area contributed by atoms with E-state index in [4.69, 9.17) is 4.74 Å². The van der Waals surface area contributed by atoms with Gasteiger partial charge in [0.05, 0.1) is 10.2 Å². The summed E-state index contributed by atoms with van der Waals surface area (Å²) in [4.78, 5) is 33.6. The number of aromatic amines is 1. The molecule has 5 rings (SSSR count). The molecule has 0 fully saturated rings. The summed E-state index contributed by atoms with van der Waals surface area (Å²) in [5.41, 5.74) is 3.81. The van der Waals surface area contributed by atoms with Gasteiger partial charge in [0.1, 0.15) is 11.8 Å². The average Bonchev–Trinajstić information content (AvgIpc) is 3.42. The number of nitrogens with zero attached hydrogens (tertiary/aromatic N) is 1. The molecule has 5 aromatic rings. The lowest BCUT2D eigenvalue weighted by Gasteiger charge is -2.17. The van der Waals surface area contributed by atoms with Crippen LogP contribution in [0, 0.1) is 6.92 Å². The minimum absolute atomic E-state index is 0.281. The van der Waals surface area contributed by atoms with Crippen molar-refractivity contribution in [2.45, 2.75) is 19.4 Å². The van der Waals surface area contributed by atoms with Crippen molar-refractivity contribution < 1.29 is 14.3 Å². The van der Waals surface area contributed by atoms with Crippen LogP contribution in [0.25, 0.3) is 21.1 Å². The highest BCUT2D eigenvalue weighted by Crippen LogP contribution is 2.27. The van der Waals surface area contributed by atoms with Gasteiger partial charge in [0.15, 0.2) is 5.13 Å². The molecule has 0 saturated carbocycles. The number of para-hydroxylation sites is 2. The number of anilines is 1. The van der Waals surface area contributed by atoms with Gasteiger partial charge in [-0.05, 0) is 48.4 Å². The van der Waals surface area contributed by atoms with Gasteiger partial charge >= 0.3 is 6.09 Å². The van der Waals surface area contributed by atoms with E-state index in [1.165, 1.54) is 11.3 Å². The van der Waals surface area contributed by atoms with Crippen molar-refractivity contribution in [3.05, 3.63) is 90.1 Å². The quantitative estimate of drug-likeness (QED) is 0.309. The van der Waals surface area contributed by atoms with Crippen LogP contribution in [-0.2, 0) is 11.2 Å². The van der Waals surface area contributed by atoms with E-state index in [0.29, 0.717) is 10.9 Å². The van der Waals surface area contributed by atoms with Gasteiger partial charge in [0, 0.05) is 23.5 Å². The summed E-state index contributed by atoms with van der Waals surface area (Å²) < 4.78 is 6.35. The van der Waals surface area contributed by atoms with Crippen molar-refractivity contribution in [3.8, 4) is 5.75 Å². The Kier molecular flexibility index (Phi) is 5.97. The Labute approximate surface area is 199 Å². The zero-order valence-electron chi connectivity index (χ0n) is 18.4. The first-order chi connectivity index (χ1) is 16.5. The molecule has 0 aliphatic heterocycles. The Morgan fingerprint density at radius 3 is 2.71 bits per heavy atom. The molecule has 1 atom stereocenters. The van der Waals surface area contributed by atoms with Crippen LogP contribution in [-0.4, -0.2) is 28.0 Å². The van der Waals surface area contributed by atoms with Gasteiger partial charge in [-0.3, -0.25) is 4.79 Å². The maximum atomic E-state index is 13.3. The number of hydrogen-bond acceptors (Lipinski definition) is 5. The van der Waals surface area contributed by atoms with E-state index in [-0.39, 0.29) is 12.3 Å². The largest absolute Gasteiger partial charge is 0.413 e. The highest BCUT2D eigenvalue weighted by Gasteiger charge is 2.24. The number of benzene rings is 3. The van der Waals surface area contributed by atoms with Gasteiger partial charge in [-0.15, -0.1) is 0 Å². The first kappa shape index (κ1) is 21.7. The smallest absolute Gasteiger partial charge is 0.410 e. The van der Waals surface area contributed by atoms with Crippen molar-refractivity contribution in [3.63, 3.8) is 0 Å². The molecular weight excluding hydrogens is 448 g/mol. The van der Waals surface area contributed by atoms with E-state index in [2.05, 4.69) is 20.6 Å². The SMILES string of the molecule is Cc1ccc2nc(NC(=O)[C@@H](Cc3c[nH]c4ccccc34)NC(=O)Oc3ccccc3)sc2c1. The first-order valence-electron chi connectivity index (χ1n) is 10.8. The van der Waals surface area contributed by atoms with Crippen LogP contribution < -0.4 is 15.4 Å². The summed E-state index contributed by atoms with van der Waals surface area (Å²) in [5, 5.41) is 7.06. The van der Waals surface area contributed by atoms with E-state index < -0.39 is 12.1 Å². The molecule has 2 aromatic heterocycles. The molecule has 0 saturated heterocycles. The number of fused-ring (bicyclic) bond motifs is 2. The van der Waals surface area contributed by atoms with Crippen LogP contribution in [0.3, 0.4) is 0 Å². The fraction of sp³-hybridized carbons (Fsp3) is 0.115. The molecule has 0 aliphatic rings. The number of aromatic nitrogens is 2. The van der Waals surface area contributed by atoms with Gasteiger partial charge in [-0.2, -0.15) is 0 Å². The summed E-state index contributed by atoms with van der Waals surface area (Å²) in [7, 11) is 0. The number of nitrogens with one attached hydrogen (secondary N) is 3. The van der Waals surface area contributed by atoms with Crippen LogP contribution in [0.5, 0.6) is 5.75 Å². The van der Waals surface area contributed by atoms with Crippen LogP contribution in [0.15, 0.2) is 79.0 Å². The molecule has 170 valence electrons. The second kappa shape index (κ2) is 9.36. The molecule has 0 aliphatic carbocycles. The molecular formula is C26H22N4O3S. The summed E-state index contributed by atoms with van der Waals surface area (Å²) in [6.45, 7) is 2.01. The van der Waals surface area contributed by atoms with Crippen molar-refractivity contribution >= 4 is 49.6 Å². The molecule has 7 nitrogen and oxygen atoms in total. The third-order valence-electron chi connectivity index (χ3n) is 5.44. The predicted octanol–water partition coefficient (Wildman–Crippen LogP) is 5.42. The normalized spacial score (nSPS) is 11.9. The highest BCUT2D eigenvalue weighted by atomic mass is 32.1. The van der Waals surface area contributed by atoms with Gasteiger partial charge in [0.25, 0.3) is 0 Å². The number of amides is 2. The number of aryl methyl sites for hydroxylation is 1. The Bertz CT molecular complexity index is 1480. The van der Waals surface area contributed by atoms with Crippen molar-refractivity contribution in [1.82, 2.24) is 15.3 Å². The van der Waals surface area contributed by atoms with Crippen LogP contribution >= 0.6 is 11.3 Å². The molecule has 3 N–H and O–H groups in total. The summed E-state index contributed by atoms with van der Waals surface area (Å²) >= 11 is 1.40. The minimum atomic E-state index is -0.871. The Morgan fingerprint density at radius 2 is 1.85 bits per heavy atom. The zero-order valence-corrected chi connectivity index (χ0v) is 19.2. The fourth-order valence-electron chi connectivity index (χ4n) is 3.77. The molecule has 2 amide bonds. The maximum Gasteiger partial charge on any atom is 0.413 e. The van der Waals surface area contributed by atoms with Gasteiger partial charge in [-0.25, -0.2) is 9.78 Å². The highest BCUT2D eigenvalue weighted by molar-refractivity contribution is 7.22. The second-order valence-corrected chi connectivity index (χ2v) is 8.97. The standard InChI is InChI=1S/C26H22N4O3S/c1-16-11-12-21-23(13-16)34-25(28-21)30-24(31)22(29-26(32)33-18-7-3-2-4-8-18)14-17-15-27-20-10-6-5-9-19(17)20/h2-13,15,22,27H,14H2,1H3,(H,29,32)(H,28,30,31)/t22-/m1/s1. The van der Waals surface area contributed by atoms with E-state index in [1.807, 2.05) is 61.7 Å². The van der Waals surface area contributed by atoms with E-state index in [9.17, 15) is 9.59 Å². The molecule has 0 unspecified atom stereocenters. The summed E-state index contributed by atoms with van der Waals surface area (Å²) in [6.07, 6.45) is 1.44. The van der Waals surface area contributed by atoms with Gasteiger partial charge in [0.2, 0.25) is 5.91 Å².